The zero-order valence-electron chi connectivity index (χ0n) is 12.1. The predicted molar refractivity (Wildman–Crippen MR) is 76.4 cm³/mol. The van der Waals surface area contributed by atoms with E-state index >= 15 is 0 Å². The average molecular weight is 265 g/mol. The normalized spacial score (nSPS) is 10.6. The van der Waals surface area contributed by atoms with Crippen LogP contribution in [0.15, 0.2) is 18.2 Å². The molecule has 0 radical (unpaired) electrons. The van der Waals surface area contributed by atoms with Crippen molar-refractivity contribution in [3.05, 3.63) is 23.9 Å². The van der Waals surface area contributed by atoms with Gasteiger partial charge in [-0.2, -0.15) is 0 Å². The number of pyridine rings is 1. The van der Waals surface area contributed by atoms with Crippen LogP contribution in [0.2, 0.25) is 0 Å². The number of anilines is 1. The Balaban J connectivity index is 2.65. The van der Waals surface area contributed by atoms with Crippen molar-refractivity contribution in [2.45, 2.75) is 26.3 Å². The minimum Gasteiger partial charge on any atom is -0.385 e. The van der Waals surface area contributed by atoms with Gasteiger partial charge in [-0.3, -0.25) is 4.79 Å². The van der Waals surface area contributed by atoms with E-state index in [-0.39, 0.29) is 11.9 Å². The van der Waals surface area contributed by atoms with E-state index in [0.717, 1.165) is 12.2 Å². The fourth-order valence-electron chi connectivity index (χ4n) is 1.67. The predicted octanol–water partition coefficient (Wildman–Crippen LogP) is 2.01. The Bertz CT molecular complexity index is 407. The van der Waals surface area contributed by atoms with Gasteiger partial charge in [-0.25, -0.2) is 4.98 Å². The maximum atomic E-state index is 12.2. The van der Waals surface area contributed by atoms with Crippen LogP contribution in [0.1, 0.15) is 30.8 Å². The summed E-state index contributed by atoms with van der Waals surface area (Å²) in [7, 11) is 3.44. The van der Waals surface area contributed by atoms with Crippen molar-refractivity contribution >= 4 is 11.7 Å². The van der Waals surface area contributed by atoms with Crippen LogP contribution < -0.4 is 5.32 Å². The lowest BCUT2D eigenvalue weighted by Gasteiger charge is -2.17. The number of aromatic nitrogens is 1. The number of carbonyl (C=O) groups excluding carboxylic acids is 1. The minimum absolute atomic E-state index is 0.0662. The van der Waals surface area contributed by atoms with E-state index in [2.05, 4.69) is 10.3 Å². The van der Waals surface area contributed by atoms with Gasteiger partial charge in [-0.15, -0.1) is 0 Å². The van der Waals surface area contributed by atoms with Crippen LogP contribution >= 0.6 is 0 Å². The summed E-state index contributed by atoms with van der Waals surface area (Å²) < 4.78 is 4.98. The molecular formula is C14H23N3O2. The highest BCUT2D eigenvalue weighted by Gasteiger charge is 2.13. The molecule has 1 rings (SSSR count). The van der Waals surface area contributed by atoms with Gasteiger partial charge >= 0.3 is 0 Å². The van der Waals surface area contributed by atoms with Crippen LogP contribution in [-0.2, 0) is 4.74 Å². The van der Waals surface area contributed by atoms with Crippen molar-refractivity contribution < 1.29 is 9.53 Å². The highest BCUT2D eigenvalue weighted by atomic mass is 16.5. The van der Waals surface area contributed by atoms with Gasteiger partial charge in [-0.05, 0) is 32.4 Å². The molecule has 0 unspecified atom stereocenters. The second kappa shape index (κ2) is 7.74. The molecule has 5 heteroatoms. The maximum absolute atomic E-state index is 12.2. The Morgan fingerprint density at radius 2 is 2.21 bits per heavy atom. The number of amides is 1. The monoisotopic (exact) mass is 265 g/mol. The van der Waals surface area contributed by atoms with Gasteiger partial charge in [-0.1, -0.05) is 6.07 Å². The molecule has 1 aromatic heterocycles. The molecule has 0 fully saturated rings. The number of nitrogens with zero attached hydrogens (tertiary/aromatic N) is 2. The number of nitrogens with one attached hydrogen (secondary N) is 1. The van der Waals surface area contributed by atoms with Gasteiger partial charge in [0.2, 0.25) is 0 Å². The van der Waals surface area contributed by atoms with Gasteiger partial charge < -0.3 is 15.0 Å². The highest BCUT2D eigenvalue weighted by Crippen LogP contribution is 2.08. The van der Waals surface area contributed by atoms with Crippen LogP contribution in [0, 0.1) is 0 Å². The summed E-state index contributed by atoms with van der Waals surface area (Å²) in [6.45, 7) is 5.39. The van der Waals surface area contributed by atoms with E-state index in [1.54, 1.807) is 25.1 Å². The molecule has 0 aliphatic carbocycles. The molecule has 5 nitrogen and oxygen atoms in total. The summed E-state index contributed by atoms with van der Waals surface area (Å²) in [6.07, 6.45) is 0.822. The van der Waals surface area contributed by atoms with Crippen LogP contribution in [0.4, 0.5) is 5.82 Å². The highest BCUT2D eigenvalue weighted by molar-refractivity contribution is 5.92. The zero-order valence-corrected chi connectivity index (χ0v) is 12.1. The van der Waals surface area contributed by atoms with Crippen molar-refractivity contribution in [2.24, 2.45) is 0 Å². The molecule has 1 heterocycles. The first-order valence-corrected chi connectivity index (χ1v) is 6.52. The van der Waals surface area contributed by atoms with E-state index in [0.29, 0.717) is 18.8 Å². The summed E-state index contributed by atoms with van der Waals surface area (Å²) in [6, 6.07) is 5.73. The Kier molecular flexibility index (Phi) is 6.29. The topological polar surface area (TPSA) is 54.5 Å². The quantitative estimate of drug-likeness (QED) is 0.766. The van der Waals surface area contributed by atoms with Crippen molar-refractivity contribution in [3.63, 3.8) is 0 Å². The number of hydrogen-bond donors (Lipinski definition) is 1. The SMILES string of the molecule is COCCCN(C)C(=O)c1cccc(NC(C)C)n1. The van der Waals surface area contributed by atoms with Gasteiger partial charge in [0.1, 0.15) is 11.5 Å². The second-order valence-corrected chi connectivity index (χ2v) is 4.78. The fourth-order valence-corrected chi connectivity index (χ4v) is 1.67. The first-order chi connectivity index (χ1) is 9.04. The first-order valence-electron chi connectivity index (χ1n) is 6.52. The Morgan fingerprint density at radius 1 is 1.47 bits per heavy atom. The molecule has 0 saturated carbocycles. The van der Waals surface area contributed by atoms with Crippen LogP contribution in [-0.4, -0.2) is 49.1 Å². The lowest BCUT2D eigenvalue weighted by atomic mass is 10.3. The third-order valence-electron chi connectivity index (χ3n) is 2.59. The van der Waals surface area contributed by atoms with Crippen LogP contribution in [0.25, 0.3) is 0 Å². The number of ether oxygens (including phenoxy) is 1. The lowest BCUT2D eigenvalue weighted by molar-refractivity contribution is 0.0773. The summed E-state index contributed by atoms with van der Waals surface area (Å²) in [5, 5.41) is 3.19. The third kappa shape index (κ3) is 5.26. The molecular weight excluding hydrogens is 242 g/mol. The smallest absolute Gasteiger partial charge is 0.272 e. The zero-order chi connectivity index (χ0) is 14.3. The summed E-state index contributed by atoms with van der Waals surface area (Å²) in [5.74, 6) is 0.662. The largest absolute Gasteiger partial charge is 0.385 e. The molecule has 0 spiro atoms. The van der Waals surface area contributed by atoms with Crippen molar-refractivity contribution in [3.8, 4) is 0 Å². The molecule has 1 amide bonds. The van der Waals surface area contributed by atoms with Crippen molar-refractivity contribution in [1.82, 2.24) is 9.88 Å². The summed E-state index contributed by atoms with van der Waals surface area (Å²) >= 11 is 0. The molecule has 106 valence electrons. The Labute approximate surface area is 115 Å². The van der Waals surface area contributed by atoms with E-state index in [1.807, 2.05) is 26.0 Å². The Morgan fingerprint density at radius 3 is 2.84 bits per heavy atom. The maximum Gasteiger partial charge on any atom is 0.272 e. The Hall–Kier alpha value is -1.62. The van der Waals surface area contributed by atoms with E-state index < -0.39 is 0 Å². The number of methoxy groups -OCH3 is 1. The van der Waals surface area contributed by atoms with Gasteiger partial charge in [0.15, 0.2) is 0 Å². The second-order valence-electron chi connectivity index (χ2n) is 4.78. The number of hydrogen-bond acceptors (Lipinski definition) is 4. The molecule has 19 heavy (non-hydrogen) atoms. The van der Waals surface area contributed by atoms with E-state index in [9.17, 15) is 4.79 Å². The van der Waals surface area contributed by atoms with Crippen LogP contribution in [0.5, 0.6) is 0 Å². The molecule has 0 saturated heterocycles. The number of rotatable bonds is 7. The molecule has 0 bridgehead atoms. The summed E-state index contributed by atoms with van der Waals surface area (Å²) in [4.78, 5) is 18.2. The molecule has 0 aliphatic heterocycles. The molecule has 0 aromatic carbocycles. The average Bonchev–Trinajstić information content (AvgIpc) is 2.37. The summed E-state index contributed by atoms with van der Waals surface area (Å²) in [5.41, 5.74) is 0.463. The van der Waals surface area contributed by atoms with Crippen molar-refractivity contribution in [1.29, 1.82) is 0 Å². The van der Waals surface area contributed by atoms with Gasteiger partial charge in [0, 0.05) is 33.4 Å². The first kappa shape index (κ1) is 15.4. The van der Waals surface area contributed by atoms with Gasteiger partial charge in [0.05, 0.1) is 0 Å². The lowest BCUT2D eigenvalue weighted by Crippen LogP contribution is -2.29. The molecule has 1 N–H and O–H groups in total. The minimum atomic E-state index is -0.0662. The van der Waals surface area contributed by atoms with Gasteiger partial charge in [0.25, 0.3) is 5.91 Å². The van der Waals surface area contributed by atoms with Crippen molar-refractivity contribution in [2.75, 3.05) is 32.6 Å². The fraction of sp³-hybridized carbons (Fsp3) is 0.571. The molecule has 0 aliphatic rings. The van der Waals surface area contributed by atoms with Crippen LogP contribution in [0.3, 0.4) is 0 Å². The third-order valence-corrected chi connectivity index (χ3v) is 2.59. The molecule has 1 aromatic rings. The van der Waals surface area contributed by atoms with E-state index in [1.165, 1.54) is 0 Å². The number of carbonyl (C=O) groups is 1. The van der Waals surface area contributed by atoms with E-state index in [4.69, 9.17) is 4.74 Å². The molecule has 0 atom stereocenters. The standard InChI is InChI=1S/C14H23N3O2/c1-11(2)15-13-8-5-7-12(16-13)14(18)17(3)9-6-10-19-4/h5,7-8,11H,6,9-10H2,1-4H3,(H,15,16).